The molecule has 0 bridgehead atoms. The van der Waals surface area contributed by atoms with Crippen molar-refractivity contribution < 1.29 is 0 Å². The van der Waals surface area contributed by atoms with Gasteiger partial charge >= 0.3 is 0 Å². The molecule has 0 radical (unpaired) electrons. The topological polar surface area (TPSA) is 15.3 Å². The van der Waals surface area contributed by atoms with E-state index >= 15 is 0 Å². The van der Waals surface area contributed by atoms with Gasteiger partial charge < -0.3 is 10.2 Å². The molecule has 0 aliphatic carbocycles. The lowest BCUT2D eigenvalue weighted by Crippen LogP contribution is -2.39. The van der Waals surface area contributed by atoms with Gasteiger partial charge in [-0.05, 0) is 50.7 Å². The van der Waals surface area contributed by atoms with Crippen LogP contribution in [0.4, 0.5) is 0 Å². The number of hydrogen-bond acceptors (Lipinski definition) is 3. The molecule has 2 rings (SSSR count). The molecule has 1 saturated heterocycles. The van der Waals surface area contributed by atoms with E-state index in [1.807, 2.05) is 11.3 Å². The van der Waals surface area contributed by atoms with Crippen LogP contribution in [0.1, 0.15) is 24.6 Å². The maximum Gasteiger partial charge on any atom is 0.0324 e. The Morgan fingerprint density at radius 1 is 1.56 bits per heavy atom. The second-order valence-corrected chi connectivity index (χ2v) is 6.05. The quantitative estimate of drug-likeness (QED) is 0.867. The lowest BCUT2D eigenvalue weighted by molar-refractivity contribution is 0.216. The fourth-order valence-corrected chi connectivity index (χ4v) is 3.36. The van der Waals surface area contributed by atoms with Crippen molar-refractivity contribution in [1.29, 1.82) is 0 Å². The third kappa shape index (κ3) is 3.58. The smallest absolute Gasteiger partial charge is 0.0324 e. The molecular formula is C13H22N2S. The summed E-state index contributed by atoms with van der Waals surface area (Å²) in [6.45, 7) is 5.84. The van der Waals surface area contributed by atoms with Gasteiger partial charge in [0.25, 0.3) is 0 Å². The molecule has 2 atom stereocenters. The minimum atomic E-state index is 0.703. The Labute approximate surface area is 103 Å². The van der Waals surface area contributed by atoms with Crippen molar-refractivity contribution in [3.8, 4) is 0 Å². The first-order chi connectivity index (χ1) is 7.74. The van der Waals surface area contributed by atoms with Crippen LogP contribution in [-0.2, 0) is 6.54 Å². The van der Waals surface area contributed by atoms with Crippen molar-refractivity contribution in [2.75, 3.05) is 20.1 Å². The molecule has 2 nitrogen and oxygen atoms in total. The first-order valence-electron chi connectivity index (χ1n) is 6.18. The maximum absolute atomic E-state index is 3.51. The summed E-state index contributed by atoms with van der Waals surface area (Å²) in [6.07, 6.45) is 2.66. The van der Waals surface area contributed by atoms with Gasteiger partial charge in [0, 0.05) is 24.0 Å². The van der Waals surface area contributed by atoms with E-state index in [0.29, 0.717) is 6.04 Å². The third-order valence-corrected chi connectivity index (χ3v) is 4.17. The average Bonchev–Trinajstić information content (AvgIpc) is 2.70. The average molecular weight is 238 g/mol. The summed E-state index contributed by atoms with van der Waals surface area (Å²) >= 11 is 1.86. The SMILES string of the molecule is CC1CC(CN(C)Cc2cccs2)CCN1. The normalized spacial score (nSPS) is 26.2. The third-order valence-electron chi connectivity index (χ3n) is 3.31. The van der Waals surface area contributed by atoms with Crippen LogP contribution in [0.5, 0.6) is 0 Å². The van der Waals surface area contributed by atoms with Gasteiger partial charge in [-0.3, -0.25) is 0 Å². The monoisotopic (exact) mass is 238 g/mol. The largest absolute Gasteiger partial charge is 0.314 e. The molecular weight excluding hydrogens is 216 g/mol. The summed E-state index contributed by atoms with van der Waals surface area (Å²) in [5.74, 6) is 0.876. The molecule has 3 heteroatoms. The van der Waals surface area contributed by atoms with E-state index in [4.69, 9.17) is 0 Å². The predicted molar refractivity (Wildman–Crippen MR) is 70.8 cm³/mol. The molecule has 1 aliphatic heterocycles. The van der Waals surface area contributed by atoms with E-state index < -0.39 is 0 Å². The van der Waals surface area contributed by atoms with E-state index in [0.717, 1.165) is 12.5 Å². The van der Waals surface area contributed by atoms with E-state index in [-0.39, 0.29) is 0 Å². The fraction of sp³-hybridized carbons (Fsp3) is 0.692. The van der Waals surface area contributed by atoms with Crippen molar-refractivity contribution in [2.24, 2.45) is 5.92 Å². The highest BCUT2D eigenvalue weighted by molar-refractivity contribution is 7.09. The Morgan fingerprint density at radius 2 is 2.44 bits per heavy atom. The highest BCUT2D eigenvalue weighted by atomic mass is 32.1. The van der Waals surface area contributed by atoms with Gasteiger partial charge in [0.05, 0.1) is 0 Å². The van der Waals surface area contributed by atoms with Crippen LogP contribution in [0, 0.1) is 5.92 Å². The highest BCUT2D eigenvalue weighted by Crippen LogP contribution is 2.18. The molecule has 0 spiro atoms. The summed E-state index contributed by atoms with van der Waals surface area (Å²) in [4.78, 5) is 3.94. The number of hydrogen-bond donors (Lipinski definition) is 1. The minimum absolute atomic E-state index is 0.703. The van der Waals surface area contributed by atoms with Crippen molar-refractivity contribution in [1.82, 2.24) is 10.2 Å². The van der Waals surface area contributed by atoms with Gasteiger partial charge in [0.2, 0.25) is 0 Å². The van der Waals surface area contributed by atoms with E-state index in [1.54, 1.807) is 0 Å². The molecule has 1 aromatic rings. The van der Waals surface area contributed by atoms with Gasteiger partial charge in [-0.2, -0.15) is 0 Å². The molecule has 0 saturated carbocycles. The second-order valence-electron chi connectivity index (χ2n) is 5.02. The van der Waals surface area contributed by atoms with Gasteiger partial charge in [-0.1, -0.05) is 6.07 Å². The number of rotatable bonds is 4. The molecule has 0 amide bonds. The first-order valence-corrected chi connectivity index (χ1v) is 7.06. The van der Waals surface area contributed by atoms with Gasteiger partial charge in [-0.15, -0.1) is 11.3 Å². The number of nitrogens with one attached hydrogen (secondary N) is 1. The summed E-state index contributed by atoms with van der Waals surface area (Å²) < 4.78 is 0. The molecule has 2 unspecified atom stereocenters. The molecule has 1 aromatic heterocycles. The van der Waals surface area contributed by atoms with E-state index in [9.17, 15) is 0 Å². The van der Waals surface area contributed by atoms with Crippen LogP contribution in [0.3, 0.4) is 0 Å². The van der Waals surface area contributed by atoms with Crippen LogP contribution in [0.2, 0.25) is 0 Å². The Hall–Kier alpha value is -0.380. The predicted octanol–water partition coefficient (Wildman–Crippen LogP) is 2.57. The first kappa shape index (κ1) is 12.1. The Balaban J connectivity index is 1.76. The van der Waals surface area contributed by atoms with Gasteiger partial charge in [0.1, 0.15) is 0 Å². The summed E-state index contributed by atoms with van der Waals surface area (Å²) in [5.41, 5.74) is 0. The van der Waals surface area contributed by atoms with Crippen LogP contribution < -0.4 is 5.32 Å². The summed E-state index contributed by atoms with van der Waals surface area (Å²) in [7, 11) is 2.24. The second kappa shape index (κ2) is 5.80. The Kier molecular flexibility index (Phi) is 4.38. The van der Waals surface area contributed by atoms with Crippen LogP contribution >= 0.6 is 11.3 Å². The van der Waals surface area contributed by atoms with Crippen molar-refractivity contribution in [2.45, 2.75) is 32.4 Å². The molecule has 90 valence electrons. The standard InChI is InChI=1S/C13H22N2S/c1-11-8-12(5-6-14-11)9-15(2)10-13-4-3-7-16-13/h3-4,7,11-12,14H,5-6,8-10H2,1-2H3. The van der Waals surface area contributed by atoms with Gasteiger partial charge in [-0.25, -0.2) is 0 Å². The van der Waals surface area contributed by atoms with Crippen LogP contribution in [0.25, 0.3) is 0 Å². The Morgan fingerprint density at radius 3 is 3.12 bits per heavy atom. The summed E-state index contributed by atoms with van der Waals surface area (Å²) in [5, 5.41) is 5.68. The van der Waals surface area contributed by atoms with Crippen molar-refractivity contribution in [3.63, 3.8) is 0 Å². The minimum Gasteiger partial charge on any atom is -0.314 e. The lowest BCUT2D eigenvalue weighted by Gasteiger charge is -2.31. The number of piperidine rings is 1. The number of nitrogens with zero attached hydrogens (tertiary/aromatic N) is 1. The lowest BCUT2D eigenvalue weighted by atomic mass is 9.93. The molecule has 1 aliphatic rings. The van der Waals surface area contributed by atoms with E-state index in [1.165, 1.54) is 30.8 Å². The highest BCUT2D eigenvalue weighted by Gasteiger charge is 2.19. The van der Waals surface area contributed by atoms with Crippen LogP contribution in [0.15, 0.2) is 17.5 Å². The fourth-order valence-electron chi connectivity index (χ4n) is 2.57. The van der Waals surface area contributed by atoms with E-state index in [2.05, 4.69) is 41.7 Å². The zero-order chi connectivity index (χ0) is 11.4. The van der Waals surface area contributed by atoms with Gasteiger partial charge in [0.15, 0.2) is 0 Å². The Bertz CT molecular complexity index is 297. The van der Waals surface area contributed by atoms with Crippen molar-refractivity contribution >= 4 is 11.3 Å². The molecule has 2 heterocycles. The maximum atomic E-state index is 3.51. The zero-order valence-corrected chi connectivity index (χ0v) is 11.1. The van der Waals surface area contributed by atoms with Crippen molar-refractivity contribution in [3.05, 3.63) is 22.4 Å². The molecule has 1 N–H and O–H groups in total. The zero-order valence-electron chi connectivity index (χ0n) is 10.3. The molecule has 0 aromatic carbocycles. The molecule has 1 fully saturated rings. The number of thiophene rings is 1. The van der Waals surface area contributed by atoms with Crippen LogP contribution in [-0.4, -0.2) is 31.1 Å². The summed E-state index contributed by atoms with van der Waals surface area (Å²) in [6, 6.07) is 5.07. The molecule has 16 heavy (non-hydrogen) atoms.